The molecule has 0 atom stereocenters. The first-order chi connectivity index (χ1) is 9.71. The van der Waals surface area contributed by atoms with Gasteiger partial charge >= 0.3 is 5.97 Å². The van der Waals surface area contributed by atoms with E-state index in [9.17, 15) is 13.6 Å². The molecule has 2 rings (SSSR count). The Balaban J connectivity index is 2.28. The SMILES string of the molecule is Cc1cc(F)c(Nc2nc(C(C)(C)C(=O)O)cs2)cc1F. The van der Waals surface area contributed by atoms with Crippen molar-refractivity contribution in [1.82, 2.24) is 4.98 Å². The lowest BCUT2D eigenvalue weighted by Crippen LogP contribution is -2.28. The van der Waals surface area contributed by atoms with Crippen molar-refractivity contribution in [3.8, 4) is 0 Å². The van der Waals surface area contributed by atoms with Crippen LogP contribution in [-0.4, -0.2) is 16.1 Å². The van der Waals surface area contributed by atoms with E-state index in [2.05, 4.69) is 10.3 Å². The van der Waals surface area contributed by atoms with Crippen LogP contribution in [0, 0.1) is 18.6 Å². The summed E-state index contributed by atoms with van der Waals surface area (Å²) in [7, 11) is 0. The molecule has 0 saturated carbocycles. The molecule has 21 heavy (non-hydrogen) atoms. The van der Waals surface area contributed by atoms with Gasteiger partial charge in [-0.25, -0.2) is 13.8 Å². The summed E-state index contributed by atoms with van der Waals surface area (Å²) in [5.41, 5.74) is -0.611. The van der Waals surface area contributed by atoms with Crippen molar-refractivity contribution >= 4 is 28.1 Å². The fraction of sp³-hybridized carbons (Fsp3) is 0.286. The number of aryl methyl sites for hydroxylation is 1. The molecule has 2 N–H and O–H groups in total. The van der Waals surface area contributed by atoms with Crippen molar-refractivity contribution in [3.63, 3.8) is 0 Å². The van der Waals surface area contributed by atoms with Gasteiger partial charge < -0.3 is 10.4 Å². The molecule has 0 spiro atoms. The van der Waals surface area contributed by atoms with Crippen LogP contribution in [0.4, 0.5) is 19.6 Å². The highest BCUT2D eigenvalue weighted by molar-refractivity contribution is 7.13. The molecule has 1 aromatic heterocycles. The third-order valence-electron chi connectivity index (χ3n) is 3.17. The number of carbonyl (C=O) groups is 1. The zero-order valence-electron chi connectivity index (χ0n) is 11.7. The molecule has 0 unspecified atom stereocenters. The Morgan fingerprint density at radius 2 is 2.00 bits per heavy atom. The monoisotopic (exact) mass is 312 g/mol. The lowest BCUT2D eigenvalue weighted by Gasteiger charge is -2.15. The molecule has 0 aliphatic carbocycles. The number of carboxylic acid groups (broad SMARTS) is 1. The number of aliphatic carboxylic acids is 1. The van der Waals surface area contributed by atoms with Crippen LogP contribution in [0.15, 0.2) is 17.5 Å². The molecule has 0 fully saturated rings. The predicted molar refractivity (Wildman–Crippen MR) is 77.2 cm³/mol. The molecule has 0 aliphatic rings. The van der Waals surface area contributed by atoms with Gasteiger partial charge in [0.2, 0.25) is 0 Å². The topological polar surface area (TPSA) is 62.2 Å². The van der Waals surface area contributed by atoms with Crippen LogP contribution >= 0.6 is 11.3 Å². The Kier molecular flexibility index (Phi) is 3.95. The number of benzene rings is 1. The van der Waals surface area contributed by atoms with Crippen molar-refractivity contribution in [2.45, 2.75) is 26.2 Å². The lowest BCUT2D eigenvalue weighted by atomic mass is 9.90. The number of rotatable bonds is 4. The number of hydrogen-bond acceptors (Lipinski definition) is 4. The third-order valence-corrected chi connectivity index (χ3v) is 3.93. The van der Waals surface area contributed by atoms with Crippen molar-refractivity contribution in [2.24, 2.45) is 0 Å². The number of halogens is 2. The number of thiazole rings is 1. The van der Waals surface area contributed by atoms with E-state index in [-0.39, 0.29) is 11.3 Å². The molecule has 0 radical (unpaired) electrons. The van der Waals surface area contributed by atoms with E-state index in [0.717, 1.165) is 23.5 Å². The molecule has 4 nitrogen and oxygen atoms in total. The summed E-state index contributed by atoms with van der Waals surface area (Å²) in [6, 6.07) is 2.14. The Hall–Kier alpha value is -2.02. The average molecular weight is 312 g/mol. The first-order valence-electron chi connectivity index (χ1n) is 6.14. The van der Waals surface area contributed by atoms with E-state index in [1.54, 1.807) is 5.38 Å². The van der Waals surface area contributed by atoms with Crippen LogP contribution in [0.25, 0.3) is 0 Å². The fourth-order valence-electron chi connectivity index (χ4n) is 1.59. The van der Waals surface area contributed by atoms with Crippen molar-refractivity contribution in [3.05, 3.63) is 40.4 Å². The van der Waals surface area contributed by atoms with Gasteiger partial charge in [-0.2, -0.15) is 0 Å². The zero-order valence-corrected chi connectivity index (χ0v) is 12.5. The van der Waals surface area contributed by atoms with Gasteiger partial charge in [0.25, 0.3) is 0 Å². The molecule has 7 heteroatoms. The second-order valence-electron chi connectivity index (χ2n) is 5.17. The van der Waals surface area contributed by atoms with Crippen molar-refractivity contribution in [2.75, 3.05) is 5.32 Å². The molecular formula is C14H14F2N2O2S. The van der Waals surface area contributed by atoms with E-state index in [4.69, 9.17) is 5.11 Å². The van der Waals surface area contributed by atoms with Gasteiger partial charge in [-0.1, -0.05) is 0 Å². The second-order valence-corrected chi connectivity index (χ2v) is 6.03. The van der Waals surface area contributed by atoms with Crippen LogP contribution < -0.4 is 5.32 Å². The van der Waals surface area contributed by atoms with Crippen LogP contribution in [0.1, 0.15) is 25.1 Å². The van der Waals surface area contributed by atoms with Gasteiger partial charge in [-0.05, 0) is 32.4 Å². The highest BCUT2D eigenvalue weighted by Crippen LogP contribution is 2.30. The maximum Gasteiger partial charge on any atom is 0.315 e. The minimum Gasteiger partial charge on any atom is -0.481 e. The molecule has 1 aromatic carbocycles. The molecular weight excluding hydrogens is 298 g/mol. The predicted octanol–water partition coefficient (Wildman–Crippen LogP) is 3.84. The van der Waals surface area contributed by atoms with Crippen molar-refractivity contribution in [1.29, 1.82) is 0 Å². The first kappa shape index (κ1) is 15.4. The summed E-state index contributed by atoms with van der Waals surface area (Å²) < 4.78 is 27.2. The third kappa shape index (κ3) is 3.02. The summed E-state index contributed by atoms with van der Waals surface area (Å²) >= 11 is 1.13. The molecule has 1 heterocycles. The molecule has 0 bridgehead atoms. The normalized spacial score (nSPS) is 11.5. The number of anilines is 2. The molecule has 0 amide bonds. The molecule has 2 aromatic rings. The Morgan fingerprint density at radius 3 is 2.62 bits per heavy atom. The zero-order chi connectivity index (χ0) is 15.8. The van der Waals surface area contributed by atoms with Gasteiger partial charge in [-0.3, -0.25) is 4.79 Å². The van der Waals surface area contributed by atoms with Gasteiger partial charge in [0.15, 0.2) is 5.13 Å². The van der Waals surface area contributed by atoms with Crippen molar-refractivity contribution < 1.29 is 18.7 Å². The largest absolute Gasteiger partial charge is 0.481 e. The lowest BCUT2D eigenvalue weighted by molar-refractivity contribution is -0.142. The smallest absolute Gasteiger partial charge is 0.315 e. The van der Waals surface area contributed by atoms with Crippen LogP contribution in [0.5, 0.6) is 0 Å². The van der Waals surface area contributed by atoms with Crippen LogP contribution in [-0.2, 0) is 10.2 Å². The maximum atomic E-state index is 13.7. The van der Waals surface area contributed by atoms with E-state index in [1.165, 1.54) is 20.8 Å². The summed E-state index contributed by atoms with van der Waals surface area (Å²) in [4.78, 5) is 15.3. The Morgan fingerprint density at radius 1 is 1.33 bits per heavy atom. The molecule has 0 aliphatic heterocycles. The van der Waals surface area contributed by atoms with E-state index >= 15 is 0 Å². The highest BCUT2D eigenvalue weighted by Gasteiger charge is 2.32. The van der Waals surface area contributed by atoms with E-state index < -0.39 is 23.0 Å². The minimum atomic E-state index is -1.15. The molecule has 112 valence electrons. The van der Waals surface area contributed by atoms with E-state index in [0.29, 0.717) is 10.8 Å². The fourth-order valence-corrected chi connectivity index (χ4v) is 2.48. The second kappa shape index (κ2) is 5.40. The van der Waals surface area contributed by atoms with E-state index in [1.807, 2.05) is 0 Å². The quantitative estimate of drug-likeness (QED) is 0.900. The Bertz CT molecular complexity index is 698. The van der Waals surface area contributed by atoms with Crippen LogP contribution in [0.2, 0.25) is 0 Å². The number of aromatic nitrogens is 1. The summed E-state index contributed by atoms with van der Waals surface area (Å²) in [6.45, 7) is 4.53. The standard InChI is InChI=1S/C14H14F2N2O2S/c1-7-4-9(16)10(5-8(7)15)17-13-18-11(6-21-13)14(2,3)12(19)20/h4-6H,1-3H3,(H,17,18)(H,19,20). The van der Waals surface area contributed by atoms with Gasteiger partial charge in [0.05, 0.1) is 11.4 Å². The Labute approximate surface area is 124 Å². The average Bonchev–Trinajstić information content (AvgIpc) is 2.85. The van der Waals surface area contributed by atoms with Gasteiger partial charge in [0, 0.05) is 11.4 Å². The number of hydrogen-bond donors (Lipinski definition) is 2. The molecule has 0 saturated heterocycles. The summed E-state index contributed by atoms with van der Waals surface area (Å²) in [6.07, 6.45) is 0. The van der Waals surface area contributed by atoms with Crippen LogP contribution in [0.3, 0.4) is 0 Å². The summed E-state index contributed by atoms with van der Waals surface area (Å²) in [5.74, 6) is -2.13. The van der Waals surface area contributed by atoms with Gasteiger partial charge in [-0.15, -0.1) is 11.3 Å². The van der Waals surface area contributed by atoms with Gasteiger partial charge in [0.1, 0.15) is 17.0 Å². The summed E-state index contributed by atoms with van der Waals surface area (Å²) in [5, 5.41) is 13.7. The maximum absolute atomic E-state index is 13.7. The number of carboxylic acids is 1. The minimum absolute atomic E-state index is 0.0351. The number of nitrogens with zero attached hydrogens (tertiary/aromatic N) is 1. The highest BCUT2D eigenvalue weighted by atomic mass is 32.1. The first-order valence-corrected chi connectivity index (χ1v) is 7.02. The number of nitrogens with one attached hydrogen (secondary N) is 1.